The van der Waals surface area contributed by atoms with Gasteiger partial charge in [-0.25, -0.2) is 14.0 Å². The molecule has 1 saturated heterocycles. The number of nitrogens with one attached hydrogen (secondary N) is 1. The van der Waals surface area contributed by atoms with Crippen molar-refractivity contribution in [1.82, 2.24) is 4.90 Å². The molecule has 2 aliphatic rings. The van der Waals surface area contributed by atoms with E-state index < -0.39 is 41.2 Å². The van der Waals surface area contributed by atoms with Crippen molar-refractivity contribution in [2.45, 2.75) is 44.7 Å². The van der Waals surface area contributed by atoms with Crippen LogP contribution in [0.1, 0.15) is 43.4 Å². The monoisotopic (exact) mass is 424 g/mol. The number of aliphatic carboxylic acids is 1. The minimum absolute atomic E-state index is 0.00712. The zero-order valence-electron chi connectivity index (χ0n) is 17.5. The van der Waals surface area contributed by atoms with Gasteiger partial charge in [-0.05, 0) is 56.5 Å². The Labute approximate surface area is 180 Å². The third-order valence-corrected chi connectivity index (χ3v) is 6.72. The Morgan fingerprint density at radius 2 is 1.90 bits per heavy atom. The van der Waals surface area contributed by atoms with Gasteiger partial charge in [0.2, 0.25) is 0 Å². The van der Waals surface area contributed by atoms with Crippen molar-refractivity contribution >= 4 is 23.5 Å². The van der Waals surface area contributed by atoms with Crippen LogP contribution in [0.25, 0.3) is 0 Å². The van der Waals surface area contributed by atoms with Crippen molar-refractivity contribution < 1.29 is 23.9 Å². The maximum absolute atomic E-state index is 13.5. The van der Waals surface area contributed by atoms with E-state index in [2.05, 4.69) is 5.32 Å². The summed E-state index contributed by atoms with van der Waals surface area (Å²) in [6.45, 7) is 3.45. The Balaban J connectivity index is 1.83. The minimum Gasteiger partial charge on any atom is -0.479 e. The number of anilines is 1. The Kier molecular flexibility index (Phi) is 5.29. The molecule has 4 atom stereocenters. The molecule has 2 N–H and O–H groups in total. The number of carboxylic acid groups (broad SMARTS) is 1. The molecule has 2 aromatic rings. The number of Topliss-reactive ketones (excluding diaryl/α,β-unsaturated/α-hetero) is 1. The number of carbonyl (C=O) groups excluding carboxylic acids is 2. The fourth-order valence-electron chi connectivity index (χ4n) is 5.25. The number of benzene rings is 2. The van der Waals surface area contributed by atoms with Gasteiger partial charge in [0, 0.05) is 23.9 Å². The number of likely N-dealkylation sites (tertiary alicyclic amines) is 1. The van der Waals surface area contributed by atoms with Crippen LogP contribution >= 0.6 is 0 Å². The second kappa shape index (κ2) is 7.80. The van der Waals surface area contributed by atoms with Gasteiger partial charge in [-0.15, -0.1) is 0 Å². The number of carbonyl (C=O) groups is 3. The van der Waals surface area contributed by atoms with Crippen LogP contribution in [0.15, 0.2) is 48.5 Å². The molecule has 1 aliphatic carbocycles. The number of halogens is 1. The van der Waals surface area contributed by atoms with E-state index in [-0.39, 0.29) is 5.78 Å². The zero-order chi connectivity index (χ0) is 22.3. The fraction of sp³-hybridized carbons (Fsp3) is 0.375. The van der Waals surface area contributed by atoms with Gasteiger partial charge in [0.05, 0.1) is 6.04 Å². The third kappa shape index (κ3) is 3.48. The molecule has 0 spiro atoms. The van der Waals surface area contributed by atoms with Crippen molar-refractivity contribution in [3.8, 4) is 0 Å². The maximum Gasteiger partial charge on any atom is 0.329 e. The molecule has 0 aromatic heterocycles. The van der Waals surface area contributed by atoms with Crippen molar-refractivity contribution in [2.75, 3.05) is 5.32 Å². The fourth-order valence-corrected chi connectivity index (χ4v) is 5.25. The predicted octanol–water partition coefficient (Wildman–Crippen LogP) is 4.55. The molecule has 6 nitrogen and oxygen atoms in total. The Morgan fingerprint density at radius 3 is 2.55 bits per heavy atom. The summed E-state index contributed by atoms with van der Waals surface area (Å²) in [6, 6.07) is 11.5. The van der Waals surface area contributed by atoms with E-state index in [1.54, 1.807) is 0 Å². The Bertz CT molecular complexity index is 1040. The molecular formula is C24H25FN2O4. The van der Waals surface area contributed by atoms with E-state index >= 15 is 0 Å². The summed E-state index contributed by atoms with van der Waals surface area (Å²) in [7, 11) is 0. The lowest BCUT2D eigenvalue weighted by Crippen LogP contribution is -2.56. The average molecular weight is 424 g/mol. The van der Waals surface area contributed by atoms with E-state index in [4.69, 9.17) is 0 Å². The molecule has 2 aromatic carbocycles. The molecule has 4 rings (SSSR count). The van der Waals surface area contributed by atoms with Crippen LogP contribution < -0.4 is 5.32 Å². The number of hydrogen-bond donors (Lipinski definition) is 2. The number of fused-ring (bicyclic) bond motifs is 1. The van der Waals surface area contributed by atoms with Crippen LogP contribution in [0.3, 0.4) is 0 Å². The smallest absolute Gasteiger partial charge is 0.329 e. The van der Waals surface area contributed by atoms with Gasteiger partial charge in [-0.1, -0.05) is 29.8 Å². The highest BCUT2D eigenvalue weighted by Crippen LogP contribution is 2.55. The number of rotatable bonds is 3. The van der Waals surface area contributed by atoms with Gasteiger partial charge >= 0.3 is 12.0 Å². The molecule has 1 heterocycles. The second-order valence-corrected chi connectivity index (χ2v) is 8.61. The summed E-state index contributed by atoms with van der Waals surface area (Å²) >= 11 is 0. The summed E-state index contributed by atoms with van der Waals surface area (Å²) in [5.74, 6) is -2.66. The molecule has 1 aliphatic heterocycles. The second-order valence-electron chi connectivity index (χ2n) is 8.61. The summed E-state index contributed by atoms with van der Waals surface area (Å²) in [5, 5.41) is 13.0. The highest BCUT2D eigenvalue weighted by molar-refractivity contribution is 5.97. The van der Waals surface area contributed by atoms with E-state index in [9.17, 15) is 23.9 Å². The van der Waals surface area contributed by atoms with E-state index in [1.807, 2.05) is 31.2 Å². The molecule has 2 fully saturated rings. The number of ketones is 1. The molecule has 4 unspecified atom stereocenters. The first-order valence-corrected chi connectivity index (χ1v) is 10.4. The molecule has 2 amide bonds. The first kappa shape index (κ1) is 21.0. The van der Waals surface area contributed by atoms with E-state index in [1.165, 1.54) is 36.1 Å². The zero-order valence-corrected chi connectivity index (χ0v) is 17.5. The lowest BCUT2D eigenvalue weighted by molar-refractivity contribution is -0.150. The van der Waals surface area contributed by atoms with Crippen molar-refractivity contribution in [2.24, 2.45) is 11.8 Å². The lowest BCUT2D eigenvalue weighted by atomic mass is 9.70. The van der Waals surface area contributed by atoms with Crippen LogP contribution in [0, 0.1) is 24.6 Å². The molecule has 31 heavy (non-hydrogen) atoms. The van der Waals surface area contributed by atoms with Crippen LogP contribution in [-0.4, -0.2) is 33.3 Å². The van der Waals surface area contributed by atoms with Crippen molar-refractivity contribution in [3.63, 3.8) is 0 Å². The summed E-state index contributed by atoms with van der Waals surface area (Å²) in [4.78, 5) is 40.4. The largest absolute Gasteiger partial charge is 0.479 e. The minimum atomic E-state index is -1.56. The highest BCUT2D eigenvalue weighted by atomic mass is 19.1. The summed E-state index contributed by atoms with van der Waals surface area (Å²) in [6.07, 6.45) is 1.55. The quantitative estimate of drug-likeness (QED) is 0.757. The van der Waals surface area contributed by atoms with Crippen LogP contribution in [-0.2, 0) is 9.59 Å². The van der Waals surface area contributed by atoms with Crippen molar-refractivity contribution in [3.05, 3.63) is 65.5 Å². The van der Waals surface area contributed by atoms with Gasteiger partial charge in [0.15, 0.2) is 0 Å². The number of urea groups is 1. The Hall–Kier alpha value is -3.22. The molecule has 7 heteroatoms. The molecule has 0 radical (unpaired) electrons. The van der Waals surface area contributed by atoms with Crippen LogP contribution in [0.4, 0.5) is 14.9 Å². The first-order valence-electron chi connectivity index (χ1n) is 10.4. The maximum atomic E-state index is 13.5. The first-order chi connectivity index (χ1) is 14.7. The SMILES string of the molecule is Cc1cccc(C2C3C(=O)CCCC3C(C)(C(=O)O)N2C(=O)Nc2ccc(F)cc2)c1. The van der Waals surface area contributed by atoms with Gasteiger partial charge in [-0.3, -0.25) is 4.79 Å². The van der Waals surface area contributed by atoms with Gasteiger partial charge in [0.25, 0.3) is 0 Å². The average Bonchev–Trinajstić information content (AvgIpc) is 3.01. The lowest BCUT2D eigenvalue weighted by Gasteiger charge is -2.37. The van der Waals surface area contributed by atoms with Crippen molar-refractivity contribution in [1.29, 1.82) is 0 Å². The van der Waals surface area contributed by atoms with E-state index in [0.29, 0.717) is 24.9 Å². The normalized spacial score (nSPS) is 27.6. The number of aryl methyl sites for hydroxylation is 1. The number of hydrogen-bond acceptors (Lipinski definition) is 3. The summed E-state index contributed by atoms with van der Waals surface area (Å²) in [5.41, 5.74) is 0.493. The van der Waals surface area contributed by atoms with E-state index in [0.717, 1.165) is 11.1 Å². The predicted molar refractivity (Wildman–Crippen MR) is 113 cm³/mol. The molecule has 0 bridgehead atoms. The number of amides is 2. The topological polar surface area (TPSA) is 86.7 Å². The summed E-state index contributed by atoms with van der Waals surface area (Å²) < 4.78 is 13.3. The standard InChI is InChI=1S/C24H25FN2O4/c1-14-5-3-6-15(13-14)21-20-18(7-4-8-19(20)28)24(2,22(29)30)27(21)23(31)26-17-11-9-16(25)10-12-17/h3,5-6,9-13,18,20-21H,4,7-8H2,1-2H3,(H,26,31)(H,29,30). The van der Waals surface area contributed by atoms with Gasteiger partial charge in [-0.2, -0.15) is 0 Å². The van der Waals surface area contributed by atoms with Gasteiger partial charge < -0.3 is 15.3 Å². The number of carboxylic acids is 1. The van der Waals surface area contributed by atoms with Crippen LogP contribution in [0.5, 0.6) is 0 Å². The number of nitrogens with zero attached hydrogens (tertiary/aromatic N) is 1. The third-order valence-electron chi connectivity index (χ3n) is 6.72. The Morgan fingerprint density at radius 1 is 1.19 bits per heavy atom. The van der Waals surface area contributed by atoms with Crippen LogP contribution in [0.2, 0.25) is 0 Å². The molecule has 1 saturated carbocycles. The molecular weight excluding hydrogens is 399 g/mol. The molecule has 162 valence electrons. The van der Waals surface area contributed by atoms with Gasteiger partial charge in [0.1, 0.15) is 17.1 Å². The highest BCUT2D eigenvalue weighted by Gasteiger charge is 2.64.